The van der Waals surface area contributed by atoms with Crippen LogP contribution in [0.25, 0.3) is 10.9 Å². The lowest BCUT2D eigenvalue weighted by Gasteiger charge is -2.10. The third-order valence-electron chi connectivity index (χ3n) is 3.15. The number of benzene rings is 1. The third kappa shape index (κ3) is 1.65. The summed E-state index contributed by atoms with van der Waals surface area (Å²) in [6.45, 7) is 4.34. The second-order valence-corrected chi connectivity index (χ2v) is 4.21. The standard InChI is InChI=1S/C13H18N2/c1-9-8-15(4)13-6-5-11(7-12(9)13)10(2)14-3/h5-8,10,14H,1-4H3. The smallest absolute Gasteiger partial charge is 0.0480 e. The van der Waals surface area contributed by atoms with E-state index in [-0.39, 0.29) is 0 Å². The predicted octanol–water partition coefficient (Wildman–Crippen LogP) is 2.77. The normalized spacial score (nSPS) is 13.3. The molecule has 80 valence electrons. The minimum atomic E-state index is 0.411. The van der Waals surface area contributed by atoms with Gasteiger partial charge in [0, 0.05) is 30.2 Å². The first kappa shape index (κ1) is 10.2. The zero-order valence-corrected chi connectivity index (χ0v) is 9.83. The Hall–Kier alpha value is -1.28. The molecule has 1 aromatic carbocycles. The summed E-state index contributed by atoms with van der Waals surface area (Å²) in [6, 6.07) is 7.09. The van der Waals surface area contributed by atoms with Crippen molar-refractivity contribution in [2.45, 2.75) is 19.9 Å². The number of hydrogen-bond donors (Lipinski definition) is 1. The molecule has 0 radical (unpaired) electrons. The molecule has 0 spiro atoms. The fourth-order valence-corrected chi connectivity index (χ4v) is 2.04. The SMILES string of the molecule is CNC(C)c1ccc2c(c1)c(C)cn2C. The van der Waals surface area contributed by atoms with Crippen LogP contribution in [0.3, 0.4) is 0 Å². The molecule has 0 amide bonds. The number of nitrogens with zero attached hydrogens (tertiary/aromatic N) is 1. The summed E-state index contributed by atoms with van der Waals surface area (Å²) in [4.78, 5) is 0. The quantitative estimate of drug-likeness (QED) is 0.792. The molecule has 1 N–H and O–H groups in total. The first-order valence-electron chi connectivity index (χ1n) is 5.36. The molecule has 1 atom stereocenters. The van der Waals surface area contributed by atoms with Gasteiger partial charge in [-0.25, -0.2) is 0 Å². The molecule has 0 aliphatic carbocycles. The van der Waals surface area contributed by atoms with Gasteiger partial charge in [-0.15, -0.1) is 0 Å². The van der Waals surface area contributed by atoms with Crippen LogP contribution in [0.15, 0.2) is 24.4 Å². The molecular formula is C13H18N2. The summed E-state index contributed by atoms with van der Waals surface area (Å²) < 4.78 is 2.18. The van der Waals surface area contributed by atoms with Gasteiger partial charge in [0.1, 0.15) is 0 Å². The van der Waals surface area contributed by atoms with Gasteiger partial charge in [0.15, 0.2) is 0 Å². The number of nitrogens with one attached hydrogen (secondary N) is 1. The van der Waals surface area contributed by atoms with E-state index in [1.54, 1.807) is 0 Å². The number of aromatic nitrogens is 1. The molecule has 0 saturated heterocycles. The van der Waals surface area contributed by atoms with Crippen LogP contribution in [-0.2, 0) is 7.05 Å². The molecule has 0 bridgehead atoms. The zero-order chi connectivity index (χ0) is 11.0. The van der Waals surface area contributed by atoms with Crippen LogP contribution in [0, 0.1) is 6.92 Å². The summed E-state index contributed by atoms with van der Waals surface area (Å²) in [7, 11) is 4.09. The van der Waals surface area contributed by atoms with Gasteiger partial charge in [-0.05, 0) is 44.2 Å². The first-order chi connectivity index (χ1) is 7.13. The van der Waals surface area contributed by atoms with Crippen molar-refractivity contribution in [3.63, 3.8) is 0 Å². The van der Waals surface area contributed by atoms with Crippen molar-refractivity contribution in [2.75, 3.05) is 7.05 Å². The third-order valence-corrected chi connectivity index (χ3v) is 3.15. The number of aryl methyl sites for hydroxylation is 2. The Morgan fingerprint density at radius 2 is 2.07 bits per heavy atom. The molecule has 2 heteroatoms. The summed E-state index contributed by atoms with van der Waals surface area (Å²) in [5.74, 6) is 0. The second-order valence-electron chi connectivity index (χ2n) is 4.21. The Morgan fingerprint density at radius 3 is 2.73 bits per heavy atom. The Bertz CT molecular complexity index is 482. The van der Waals surface area contributed by atoms with E-state index in [4.69, 9.17) is 0 Å². The molecule has 2 nitrogen and oxygen atoms in total. The molecule has 2 rings (SSSR count). The second kappa shape index (κ2) is 3.70. The van der Waals surface area contributed by atoms with E-state index in [0.717, 1.165) is 0 Å². The van der Waals surface area contributed by atoms with Gasteiger partial charge in [0.2, 0.25) is 0 Å². The number of rotatable bonds is 2. The maximum Gasteiger partial charge on any atom is 0.0480 e. The average molecular weight is 202 g/mol. The summed E-state index contributed by atoms with van der Waals surface area (Å²) in [5, 5.41) is 4.62. The van der Waals surface area contributed by atoms with E-state index in [1.807, 2.05) is 7.05 Å². The lowest BCUT2D eigenvalue weighted by molar-refractivity contribution is 0.653. The van der Waals surface area contributed by atoms with E-state index in [0.29, 0.717) is 6.04 Å². The van der Waals surface area contributed by atoms with Crippen LogP contribution < -0.4 is 5.32 Å². The van der Waals surface area contributed by atoms with Crippen molar-refractivity contribution in [1.29, 1.82) is 0 Å². The van der Waals surface area contributed by atoms with Crippen molar-refractivity contribution in [1.82, 2.24) is 9.88 Å². The fourth-order valence-electron chi connectivity index (χ4n) is 2.04. The Labute approximate surface area is 90.9 Å². The Balaban J connectivity index is 2.60. The fraction of sp³-hybridized carbons (Fsp3) is 0.385. The number of fused-ring (bicyclic) bond motifs is 1. The van der Waals surface area contributed by atoms with Gasteiger partial charge < -0.3 is 9.88 Å². The summed E-state index contributed by atoms with van der Waals surface area (Å²) in [5.41, 5.74) is 4.00. The minimum absolute atomic E-state index is 0.411. The highest BCUT2D eigenvalue weighted by molar-refractivity contribution is 5.84. The molecule has 0 fully saturated rings. The van der Waals surface area contributed by atoms with E-state index < -0.39 is 0 Å². The molecule has 1 aromatic heterocycles. The predicted molar refractivity (Wildman–Crippen MR) is 65.1 cm³/mol. The topological polar surface area (TPSA) is 17.0 Å². The summed E-state index contributed by atoms with van der Waals surface area (Å²) in [6.07, 6.45) is 2.18. The van der Waals surface area contributed by atoms with Crippen LogP contribution in [0.1, 0.15) is 24.1 Å². The lowest BCUT2D eigenvalue weighted by Crippen LogP contribution is -2.11. The van der Waals surface area contributed by atoms with Crippen LogP contribution in [-0.4, -0.2) is 11.6 Å². The van der Waals surface area contributed by atoms with E-state index in [9.17, 15) is 0 Å². The van der Waals surface area contributed by atoms with E-state index in [2.05, 4.69) is 55.2 Å². The van der Waals surface area contributed by atoms with Gasteiger partial charge in [-0.1, -0.05) is 6.07 Å². The number of hydrogen-bond acceptors (Lipinski definition) is 1. The molecule has 0 saturated carbocycles. The highest BCUT2D eigenvalue weighted by atomic mass is 14.9. The monoisotopic (exact) mass is 202 g/mol. The van der Waals surface area contributed by atoms with Gasteiger partial charge in [-0.2, -0.15) is 0 Å². The van der Waals surface area contributed by atoms with E-state index in [1.165, 1.54) is 22.0 Å². The van der Waals surface area contributed by atoms with E-state index >= 15 is 0 Å². The van der Waals surface area contributed by atoms with Gasteiger partial charge in [-0.3, -0.25) is 0 Å². The van der Waals surface area contributed by atoms with Crippen LogP contribution in [0.4, 0.5) is 0 Å². The van der Waals surface area contributed by atoms with Gasteiger partial charge >= 0.3 is 0 Å². The zero-order valence-electron chi connectivity index (χ0n) is 9.83. The van der Waals surface area contributed by atoms with Crippen LogP contribution in [0.5, 0.6) is 0 Å². The lowest BCUT2D eigenvalue weighted by atomic mass is 10.1. The van der Waals surface area contributed by atoms with Crippen molar-refractivity contribution in [3.8, 4) is 0 Å². The highest BCUT2D eigenvalue weighted by Crippen LogP contribution is 2.23. The van der Waals surface area contributed by atoms with Crippen molar-refractivity contribution in [2.24, 2.45) is 7.05 Å². The molecule has 1 heterocycles. The Morgan fingerprint density at radius 1 is 1.33 bits per heavy atom. The van der Waals surface area contributed by atoms with Crippen molar-refractivity contribution in [3.05, 3.63) is 35.5 Å². The highest BCUT2D eigenvalue weighted by Gasteiger charge is 2.07. The molecule has 0 aliphatic rings. The van der Waals surface area contributed by atoms with Crippen LogP contribution in [0.2, 0.25) is 0 Å². The minimum Gasteiger partial charge on any atom is -0.350 e. The molecular weight excluding hydrogens is 184 g/mol. The van der Waals surface area contributed by atoms with Crippen LogP contribution >= 0.6 is 0 Å². The average Bonchev–Trinajstić information content (AvgIpc) is 2.53. The first-order valence-corrected chi connectivity index (χ1v) is 5.36. The molecule has 0 aliphatic heterocycles. The molecule has 15 heavy (non-hydrogen) atoms. The maximum atomic E-state index is 3.27. The maximum absolute atomic E-state index is 3.27. The van der Waals surface area contributed by atoms with Gasteiger partial charge in [0.25, 0.3) is 0 Å². The Kier molecular flexibility index (Phi) is 2.53. The van der Waals surface area contributed by atoms with Crippen molar-refractivity contribution < 1.29 is 0 Å². The van der Waals surface area contributed by atoms with Crippen molar-refractivity contribution >= 4 is 10.9 Å². The molecule has 2 aromatic rings. The summed E-state index contributed by atoms with van der Waals surface area (Å²) >= 11 is 0. The van der Waals surface area contributed by atoms with Gasteiger partial charge in [0.05, 0.1) is 0 Å². The molecule has 1 unspecified atom stereocenters. The largest absolute Gasteiger partial charge is 0.350 e.